The highest BCUT2D eigenvalue weighted by Gasteiger charge is 2.21. The van der Waals surface area contributed by atoms with E-state index in [4.69, 9.17) is 4.74 Å². The van der Waals surface area contributed by atoms with Crippen LogP contribution in [-0.2, 0) is 0 Å². The summed E-state index contributed by atoms with van der Waals surface area (Å²) >= 11 is 1.72. The second-order valence-electron chi connectivity index (χ2n) is 4.37. The molecule has 5 nitrogen and oxygen atoms in total. The maximum atomic E-state index is 11.2. The third-order valence-electron chi connectivity index (χ3n) is 2.34. The predicted molar refractivity (Wildman–Crippen MR) is 84.9 cm³/mol. The number of thioether (sulfide) groups is 1. The fourth-order valence-electron chi connectivity index (χ4n) is 1.63. The summed E-state index contributed by atoms with van der Waals surface area (Å²) in [4.78, 5) is 10.8. The average molecular weight is 296 g/mol. The smallest absolute Gasteiger partial charge is 0.333 e. The molecule has 0 unspecified atom stereocenters. The molecule has 110 valence electrons. The van der Waals surface area contributed by atoms with Gasteiger partial charge in [-0.2, -0.15) is 11.8 Å². The Morgan fingerprint density at radius 1 is 1.55 bits per heavy atom. The van der Waals surface area contributed by atoms with Gasteiger partial charge in [0.1, 0.15) is 5.69 Å². The Kier molecular flexibility index (Phi) is 6.93. The van der Waals surface area contributed by atoms with Crippen molar-refractivity contribution in [3.05, 3.63) is 41.0 Å². The van der Waals surface area contributed by atoms with Gasteiger partial charge in [0.15, 0.2) is 5.75 Å². The van der Waals surface area contributed by atoms with Gasteiger partial charge in [-0.25, -0.2) is 0 Å². The minimum absolute atomic E-state index is 0.00470. The topological polar surface area (TPSA) is 64.4 Å². The molecule has 0 saturated heterocycles. The molecular weight excluding hydrogens is 276 g/mol. The highest BCUT2D eigenvalue weighted by atomic mass is 32.2. The van der Waals surface area contributed by atoms with Crippen LogP contribution in [0.3, 0.4) is 0 Å². The van der Waals surface area contributed by atoms with Gasteiger partial charge in [-0.05, 0) is 26.0 Å². The number of hydrogen-bond donors (Lipinski definition) is 1. The number of nitrogens with one attached hydrogen (secondary N) is 1. The lowest BCUT2D eigenvalue weighted by molar-refractivity contribution is -0.385. The van der Waals surface area contributed by atoms with E-state index in [1.54, 1.807) is 30.0 Å². The van der Waals surface area contributed by atoms with Crippen LogP contribution in [0.25, 0.3) is 0 Å². The molecule has 1 rings (SSSR count). The minimum atomic E-state index is -0.406. The van der Waals surface area contributed by atoms with Crippen LogP contribution in [0.5, 0.6) is 5.75 Å². The van der Waals surface area contributed by atoms with Gasteiger partial charge in [0.25, 0.3) is 0 Å². The number of benzene rings is 1. The first-order chi connectivity index (χ1) is 9.56. The molecule has 0 aromatic heterocycles. The largest absolute Gasteiger partial charge is 0.484 e. The average Bonchev–Trinajstić information content (AvgIpc) is 2.37. The van der Waals surface area contributed by atoms with E-state index < -0.39 is 4.92 Å². The molecule has 0 heterocycles. The molecule has 0 radical (unpaired) electrons. The van der Waals surface area contributed by atoms with Crippen LogP contribution in [0.4, 0.5) is 11.4 Å². The number of anilines is 1. The highest BCUT2D eigenvalue weighted by Crippen LogP contribution is 2.35. The van der Waals surface area contributed by atoms with Gasteiger partial charge >= 0.3 is 5.69 Å². The van der Waals surface area contributed by atoms with Crippen LogP contribution < -0.4 is 10.1 Å². The summed E-state index contributed by atoms with van der Waals surface area (Å²) in [5.74, 6) is 2.03. The van der Waals surface area contributed by atoms with Gasteiger partial charge in [-0.3, -0.25) is 10.1 Å². The van der Waals surface area contributed by atoms with Crippen molar-refractivity contribution in [2.75, 3.05) is 23.4 Å². The fraction of sp³-hybridized carbons (Fsp3) is 0.429. The molecule has 0 aliphatic carbocycles. The Hall–Kier alpha value is -1.69. The van der Waals surface area contributed by atoms with E-state index in [9.17, 15) is 10.1 Å². The first-order valence-electron chi connectivity index (χ1n) is 6.42. The number of ether oxygens (including phenoxy) is 1. The molecule has 1 aromatic rings. The third-order valence-corrected chi connectivity index (χ3v) is 3.31. The van der Waals surface area contributed by atoms with Crippen molar-refractivity contribution in [2.45, 2.75) is 20.0 Å². The molecule has 1 N–H and O–H groups in total. The second-order valence-corrected chi connectivity index (χ2v) is 5.52. The normalized spacial score (nSPS) is 10.3. The van der Waals surface area contributed by atoms with Crippen molar-refractivity contribution in [3.8, 4) is 5.75 Å². The van der Waals surface area contributed by atoms with Crippen LogP contribution in [0, 0.1) is 10.1 Å². The van der Waals surface area contributed by atoms with Crippen LogP contribution >= 0.6 is 11.8 Å². The quantitative estimate of drug-likeness (QED) is 0.326. The van der Waals surface area contributed by atoms with Crippen molar-refractivity contribution in [3.63, 3.8) is 0 Å². The fourth-order valence-corrected chi connectivity index (χ4v) is 2.21. The molecule has 0 fully saturated rings. The third kappa shape index (κ3) is 5.13. The van der Waals surface area contributed by atoms with Crippen LogP contribution in [-0.4, -0.2) is 29.1 Å². The molecule has 0 spiro atoms. The van der Waals surface area contributed by atoms with Crippen LogP contribution in [0.2, 0.25) is 0 Å². The van der Waals surface area contributed by atoms with Gasteiger partial charge in [-0.1, -0.05) is 12.1 Å². The van der Waals surface area contributed by atoms with Crippen LogP contribution in [0.1, 0.15) is 13.8 Å². The molecule has 20 heavy (non-hydrogen) atoms. The number of nitro groups is 1. The van der Waals surface area contributed by atoms with E-state index in [0.717, 1.165) is 11.5 Å². The first kappa shape index (κ1) is 16.4. The lowest BCUT2D eigenvalue weighted by atomic mass is 10.2. The molecule has 0 aliphatic heterocycles. The Labute approximate surface area is 123 Å². The van der Waals surface area contributed by atoms with Gasteiger partial charge < -0.3 is 10.1 Å². The molecule has 0 amide bonds. The second kappa shape index (κ2) is 8.47. The van der Waals surface area contributed by atoms with Crippen molar-refractivity contribution in [1.82, 2.24) is 0 Å². The van der Waals surface area contributed by atoms with Crippen molar-refractivity contribution in [2.24, 2.45) is 0 Å². The molecule has 0 saturated carbocycles. The van der Waals surface area contributed by atoms with E-state index in [1.807, 2.05) is 19.9 Å². The van der Waals surface area contributed by atoms with Gasteiger partial charge in [0.2, 0.25) is 0 Å². The maximum absolute atomic E-state index is 11.2. The standard InChI is InChI=1S/C14H20N2O3S/c1-4-9-20-10-8-15-12-6-5-7-13(19-11(2)3)14(12)16(17)18/h4-7,11,15H,1,8-10H2,2-3H3. The molecule has 0 bridgehead atoms. The van der Waals surface area contributed by atoms with E-state index >= 15 is 0 Å². The number of hydrogen-bond acceptors (Lipinski definition) is 5. The van der Waals surface area contributed by atoms with Crippen molar-refractivity contribution >= 4 is 23.1 Å². The molecule has 0 aliphatic rings. The van der Waals surface area contributed by atoms with E-state index in [2.05, 4.69) is 11.9 Å². The zero-order chi connectivity index (χ0) is 15.0. The van der Waals surface area contributed by atoms with Gasteiger partial charge in [-0.15, -0.1) is 6.58 Å². The molecule has 6 heteroatoms. The number of nitro benzene ring substituents is 1. The predicted octanol–water partition coefficient (Wildman–Crippen LogP) is 3.71. The molecular formula is C14H20N2O3S. The zero-order valence-electron chi connectivity index (χ0n) is 11.8. The summed E-state index contributed by atoms with van der Waals surface area (Å²) in [7, 11) is 0. The molecule has 0 atom stereocenters. The summed E-state index contributed by atoms with van der Waals surface area (Å²) in [5, 5.41) is 14.3. The Morgan fingerprint density at radius 2 is 2.30 bits per heavy atom. The lowest BCUT2D eigenvalue weighted by Crippen LogP contribution is -2.10. The Balaban J connectivity index is 2.78. The summed E-state index contributed by atoms with van der Waals surface area (Å²) in [5.41, 5.74) is 0.488. The van der Waals surface area contributed by atoms with Gasteiger partial charge in [0, 0.05) is 18.1 Å². The monoisotopic (exact) mass is 296 g/mol. The van der Waals surface area contributed by atoms with E-state index in [0.29, 0.717) is 18.0 Å². The summed E-state index contributed by atoms with van der Waals surface area (Å²) < 4.78 is 5.49. The van der Waals surface area contributed by atoms with Crippen molar-refractivity contribution < 1.29 is 9.66 Å². The SMILES string of the molecule is C=CCSCCNc1cccc(OC(C)C)c1[N+](=O)[O-]. The maximum Gasteiger partial charge on any atom is 0.333 e. The van der Waals surface area contributed by atoms with Crippen LogP contribution in [0.15, 0.2) is 30.9 Å². The first-order valence-corrected chi connectivity index (χ1v) is 7.58. The summed E-state index contributed by atoms with van der Waals surface area (Å²) in [6.45, 7) is 7.99. The summed E-state index contributed by atoms with van der Waals surface area (Å²) in [6.07, 6.45) is 1.73. The summed E-state index contributed by atoms with van der Waals surface area (Å²) in [6, 6.07) is 5.07. The van der Waals surface area contributed by atoms with Gasteiger partial charge in [0.05, 0.1) is 11.0 Å². The minimum Gasteiger partial charge on any atom is -0.484 e. The van der Waals surface area contributed by atoms with Crippen molar-refractivity contribution in [1.29, 1.82) is 0 Å². The zero-order valence-corrected chi connectivity index (χ0v) is 12.6. The highest BCUT2D eigenvalue weighted by molar-refractivity contribution is 7.99. The Morgan fingerprint density at radius 3 is 2.90 bits per heavy atom. The van der Waals surface area contributed by atoms with E-state index in [-0.39, 0.29) is 11.8 Å². The number of para-hydroxylation sites is 1. The van der Waals surface area contributed by atoms with E-state index in [1.165, 1.54) is 0 Å². The Bertz CT molecular complexity index is 464. The molecule has 1 aromatic carbocycles. The lowest BCUT2D eigenvalue weighted by Gasteiger charge is -2.13. The number of nitrogens with zero attached hydrogens (tertiary/aromatic N) is 1. The number of rotatable bonds is 9.